The highest BCUT2D eigenvalue weighted by Gasteiger charge is 2.23. The van der Waals surface area contributed by atoms with E-state index in [9.17, 15) is 22.5 Å². The van der Waals surface area contributed by atoms with Crippen molar-refractivity contribution in [2.45, 2.75) is 9.10 Å². The molecule has 1 unspecified atom stereocenters. The van der Waals surface area contributed by atoms with Crippen molar-refractivity contribution in [3.8, 4) is 5.75 Å². The molecule has 0 amide bonds. The first-order chi connectivity index (χ1) is 14.3. The van der Waals surface area contributed by atoms with Gasteiger partial charge in [-0.1, -0.05) is 42.5 Å². The summed E-state index contributed by atoms with van der Waals surface area (Å²) in [5.74, 6) is -2.35. The van der Waals surface area contributed by atoms with E-state index >= 15 is 0 Å². The van der Waals surface area contributed by atoms with Crippen LogP contribution in [0.3, 0.4) is 0 Å². The number of phenolic OH excluding ortho intramolecular Hbond substituents is 1. The van der Waals surface area contributed by atoms with Crippen LogP contribution in [0.4, 0.5) is 5.69 Å². The Hall–Kier alpha value is -2.95. The predicted molar refractivity (Wildman–Crippen MR) is 117 cm³/mol. The third-order valence-corrected chi connectivity index (χ3v) is 8.66. The summed E-state index contributed by atoms with van der Waals surface area (Å²) in [6.45, 7) is 0. The number of hydrogen-bond acceptors (Lipinski definition) is 6. The molecule has 154 valence electrons. The first-order valence-corrected chi connectivity index (χ1v) is 12.2. The highest BCUT2D eigenvalue weighted by atomic mass is 32.2. The number of rotatable bonds is 6. The normalized spacial score (nSPS) is 12.8. The zero-order valence-corrected chi connectivity index (χ0v) is 17.7. The van der Waals surface area contributed by atoms with Crippen LogP contribution in [0.15, 0.2) is 69.8 Å². The molecule has 7 nitrogen and oxygen atoms in total. The predicted octanol–water partition coefficient (Wildman–Crippen LogP) is 3.75. The summed E-state index contributed by atoms with van der Waals surface area (Å²) in [4.78, 5) is 10.8. The van der Waals surface area contributed by atoms with E-state index in [1.165, 1.54) is 6.07 Å². The van der Waals surface area contributed by atoms with Crippen molar-refractivity contribution in [1.82, 2.24) is 0 Å². The van der Waals surface area contributed by atoms with Crippen LogP contribution in [0.25, 0.3) is 20.9 Å². The minimum atomic E-state index is -3.97. The Balaban J connectivity index is 1.84. The second kappa shape index (κ2) is 7.71. The molecule has 0 spiro atoms. The Morgan fingerprint density at radius 1 is 1.03 bits per heavy atom. The van der Waals surface area contributed by atoms with Gasteiger partial charge in [0.2, 0.25) is 0 Å². The fraction of sp³-hybridized carbons (Fsp3) is 0.0500. The molecule has 30 heavy (non-hydrogen) atoms. The molecular weight excluding hydrogens is 446 g/mol. The molecule has 3 N–H and O–H groups in total. The monoisotopic (exact) mass is 461 g/mol. The molecule has 0 saturated carbocycles. The second-order valence-electron chi connectivity index (χ2n) is 6.41. The van der Waals surface area contributed by atoms with Gasteiger partial charge in [0.1, 0.15) is 15.7 Å². The molecule has 0 radical (unpaired) electrons. The summed E-state index contributed by atoms with van der Waals surface area (Å²) in [5, 5.41) is 20.9. The van der Waals surface area contributed by atoms with Gasteiger partial charge < -0.3 is 10.2 Å². The molecule has 3 aromatic carbocycles. The van der Waals surface area contributed by atoms with Gasteiger partial charge in [-0.05, 0) is 23.6 Å². The number of carbonyl (C=O) groups is 1. The van der Waals surface area contributed by atoms with Crippen LogP contribution in [0.2, 0.25) is 0 Å². The number of sulfonamides is 1. The van der Waals surface area contributed by atoms with Crippen molar-refractivity contribution in [2.24, 2.45) is 0 Å². The SMILES string of the molecule is O=C(O)CS(=O)c1cc(NS(=O)(=O)c2cc3ccccc3s2)c2ccccc2c1O. The average molecular weight is 462 g/mol. The topological polar surface area (TPSA) is 121 Å². The van der Waals surface area contributed by atoms with E-state index in [1.807, 2.05) is 24.3 Å². The van der Waals surface area contributed by atoms with Gasteiger partial charge >= 0.3 is 5.97 Å². The van der Waals surface area contributed by atoms with E-state index in [-0.39, 0.29) is 25.9 Å². The first-order valence-electron chi connectivity index (χ1n) is 8.62. The van der Waals surface area contributed by atoms with Crippen LogP contribution in [0.1, 0.15) is 0 Å². The van der Waals surface area contributed by atoms with E-state index < -0.39 is 32.5 Å². The number of carboxylic acids is 1. The highest BCUT2D eigenvalue weighted by molar-refractivity contribution is 7.94. The smallest absolute Gasteiger partial charge is 0.316 e. The van der Waals surface area contributed by atoms with E-state index in [1.54, 1.807) is 30.3 Å². The van der Waals surface area contributed by atoms with Crippen LogP contribution in [0, 0.1) is 0 Å². The van der Waals surface area contributed by atoms with Crippen molar-refractivity contribution < 1.29 is 27.6 Å². The van der Waals surface area contributed by atoms with Gasteiger partial charge in [0, 0.05) is 15.5 Å². The van der Waals surface area contributed by atoms with Gasteiger partial charge in [0.15, 0.2) is 0 Å². The minimum absolute atomic E-state index is 0.106. The lowest BCUT2D eigenvalue weighted by molar-refractivity contribution is -0.133. The number of fused-ring (bicyclic) bond motifs is 2. The molecule has 1 heterocycles. The van der Waals surface area contributed by atoms with Crippen LogP contribution >= 0.6 is 11.3 Å². The van der Waals surface area contributed by atoms with Crippen LogP contribution in [-0.2, 0) is 25.6 Å². The number of hydrogen-bond donors (Lipinski definition) is 3. The molecule has 0 aliphatic carbocycles. The van der Waals surface area contributed by atoms with Crippen molar-refractivity contribution in [3.63, 3.8) is 0 Å². The maximum absolute atomic E-state index is 13.0. The van der Waals surface area contributed by atoms with Crippen LogP contribution in [-0.4, -0.2) is 34.6 Å². The number of anilines is 1. The molecule has 0 aliphatic heterocycles. The van der Waals surface area contributed by atoms with Gasteiger partial charge in [0.05, 0.1) is 21.4 Å². The number of aromatic hydroxyl groups is 1. The van der Waals surface area contributed by atoms with E-state index in [2.05, 4.69) is 4.72 Å². The molecule has 1 atom stereocenters. The zero-order valence-electron chi connectivity index (χ0n) is 15.2. The lowest BCUT2D eigenvalue weighted by Crippen LogP contribution is -2.13. The number of aliphatic carboxylic acids is 1. The van der Waals surface area contributed by atoms with Gasteiger partial charge in [-0.2, -0.15) is 0 Å². The number of nitrogens with one attached hydrogen (secondary N) is 1. The number of phenols is 1. The fourth-order valence-electron chi connectivity index (χ4n) is 3.07. The second-order valence-corrected chi connectivity index (χ2v) is 10.8. The fourth-order valence-corrected chi connectivity index (χ4v) is 6.49. The molecule has 10 heteroatoms. The molecule has 0 fully saturated rings. The van der Waals surface area contributed by atoms with Crippen LogP contribution in [0.5, 0.6) is 5.75 Å². The molecule has 4 rings (SSSR count). The summed E-state index contributed by atoms with van der Waals surface area (Å²) in [5.41, 5.74) is 0.106. The third kappa shape index (κ3) is 3.76. The molecule has 0 bridgehead atoms. The maximum Gasteiger partial charge on any atom is 0.316 e. The standard InChI is InChI=1S/C20H15NO6S3/c22-18(23)11-29(25)17-10-15(13-6-2-3-7-14(13)20(17)24)21-30(26,27)19-9-12-5-1-4-8-16(12)28-19/h1-10,21,24H,11H2,(H,22,23). The van der Waals surface area contributed by atoms with Crippen molar-refractivity contribution >= 4 is 64.7 Å². The largest absolute Gasteiger partial charge is 0.506 e. The Morgan fingerprint density at radius 2 is 1.70 bits per heavy atom. The average Bonchev–Trinajstić information content (AvgIpc) is 3.15. The van der Waals surface area contributed by atoms with Gasteiger partial charge in [0.25, 0.3) is 10.0 Å². The van der Waals surface area contributed by atoms with E-state index in [0.717, 1.165) is 21.4 Å². The van der Waals surface area contributed by atoms with Crippen molar-refractivity contribution in [1.29, 1.82) is 0 Å². The zero-order chi connectivity index (χ0) is 21.5. The summed E-state index contributed by atoms with van der Waals surface area (Å²) in [7, 11) is -6.03. The first kappa shape index (κ1) is 20.3. The van der Waals surface area contributed by atoms with Crippen molar-refractivity contribution in [2.75, 3.05) is 10.5 Å². The van der Waals surface area contributed by atoms with E-state index in [4.69, 9.17) is 5.11 Å². The van der Waals surface area contributed by atoms with Gasteiger partial charge in [-0.15, -0.1) is 11.3 Å². The lowest BCUT2D eigenvalue weighted by Gasteiger charge is -2.14. The molecule has 0 saturated heterocycles. The Bertz CT molecular complexity index is 1390. The minimum Gasteiger partial charge on any atom is -0.506 e. The summed E-state index contributed by atoms with van der Waals surface area (Å²) in [6.07, 6.45) is 0. The Labute approximate surface area is 178 Å². The summed E-state index contributed by atoms with van der Waals surface area (Å²) < 4.78 is 41.9. The van der Waals surface area contributed by atoms with Crippen molar-refractivity contribution in [3.05, 3.63) is 60.7 Å². The van der Waals surface area contributed by atoms with Gasteiger partial charge in [-0.25, -0.2) is 8.42 Å². The number of benzene rings is 3. The van der Waals surface area contributed by atoms with E-state index in [0.29, 0.717) is 5.39 Å². The number of thiophene rings is 1. The summed E-state index contributed by atoms with van der Waals surface area (Å²) >= 11 is 1.11. The maximum atomic E-state index is 13.0. The van der Waals surface area contributed by atoms with Crippen LogP contribution < -0.4 is 4.72 Å². The molecule has 4 aromatic rings. The molecule has 0 aliphatic rings. The highest BCUT2D eigenvalue weighted by Crippen LogP contribution is 2.38. The summed E-state index contributed by atoms with van der Waals surface area (Å²) in [6, 6.07) is 16.5. The quantitative estimate of drug-likeness (QED) is 0.376. The molecular formula is C20H15NO6S3. The number of carboxylic acid groups (broad SMARTS) is 1. The third-order valence-electron chi connectivity index (χ3n) is 4.39. The Morgan fingerprint density at radius 3 is 2.40 bits per heavy atom. The molecule has 1 aromatic heterocycles. The Kier molecular flexibility index (Phi) is 5.22. The van der Waals surface area contributed by atoms with Gasteiger partial charge in [-0.3, -0.25) is 13.7 Å². The lowest BCUT2D eigenvalue weighted by atomic mass is 10.1.